The number of rotatable bonds is 7. The van der Waals surface area contributed by atoms with Gasteiger partial charge >= 0.3 is 0 Å². The van der Waals surface area contributed by atoms with E-state index >= 15 is 0 Å². The van der Waals surface area contributed by atoms with Crippen molar-refractivity contribution in [2.45, 2.75) is 31.2 Å². The van der Waals surface area contributed by atoms with Crippen molar-refractivity contribution in [1.82, 2.24) is 10.0 Å². The van der Waals surface area contributed by atoms with Crippen LogP contribution in [0, 0.1) is 0 Å². The average Bonchev–Trinajstić information content (AvgIpc) is 2.38. The fraction of sp³-hybridized carbons (Fsp3) is 0.462. The first-order chi connectivity index (χ1) is 9.35. The first kappa shape index (κ1) is 16.6. The van der Waals surface area contributed by atoms with Crippen molar-refractivity contribution >= 4 is 21.6 Å². The third-order valence-electron chi connectivity index (χ3n) is 2.60. The Labute approximate surface area is 120 Å². The van der Waals surface area contributed by atoms with Crippen molar-refractivity contribution in [1.29, 1.82) is 0 Å². The average molecular weight is 299 g/mol. The largest absolute Gasteiger partial charge is 0.326 e. The monoisotopic (exact) mass is 299 g/mol. The van der Waals surface area contributed by atoms with Crippen LogP contribution >= 0.6 is 0 Å². The van der Waals surface area contributed by atoms with E-state index in [2.05, 4.69) is 15.4 Å². The third-order valence-corrected chi connectivity index (χ3v) is 4.01. The summed E-state index contributed by atoms with van der Waals surface area (Å²) in [4.78, 5) is 11.8. The molecular weight excluding hydrogens is 278 g/mol. The normalized spacial score (nSPS) is 11.6. The molecule has 112 valence electrons. The predicted octanol–water partition coefficient (Wildman–Crippen LogP) is 0.921. The molecule has 1 amide bonds. The molecule has 0 saturated heterocycles. The Morgan fingerprint density at radius 1 is 1.30 bits per heavy atom. The Hall–Kier alpha value is -1.44. The summed E-state index contributed by atoms with van der Waals surface area (Å²) in [6.45, 7) is 4.59. The number of amides is 1. The number of benzene rings is 1. The van der Waals surface area contributed by atoms with Gasteiger partial charge < -0.3 is 10.6 Å². The van der Waals surface area contributed by atoms with Gasteiger partial charge in [-0.3, -0.25) is 4.79 Å². The van der Waals surface area contributed by atoms with Crippen molar-refractivity contribution in [2.75, 3.05) is 18.9 Å². The number of hydrogen-bond acceptors (Lipinski definition) is 4. The second kappa shape index (κ2) is 7.37. The fourth-order valence-electron chi connectivity index (χ4n) is 1.56. The predicted molar refractivity (Wildman–Crippen MR) is 79.1 cm³/mol. The first-order valence-corrected chi connectivity index (χ1v) is 7.90. The zero-order valence-electron chi connectivity index (χ0n) is 11.9. The number of sulfonamides is 1. The Balaban J connectivity index is 2.65. The molecule has 0 bridgehead atoms. The topological polar surface area (TPSA) is 87.3 Å². The van der Waals surface area contributed by atoms with Crippen molar-refractivity contribution < 1.29 is 13.2 Å². The smallest absolute Gasteiger partial charge is 0.240 e. The van der Waals surface area contributed by atoms with Crippen LogP contribution in [0.25, 0.3) is 0 Å². The number of carbonyl (C=O) groups excluding carboxylic acids is 1. The molecule has 0 radical (unpaired) electrons. The lowest BCUT2D eigenvalue weighted by Crippen LogP contribution is -2.27. The highest BCUT2D eigenvalue weighted by molar-refractivity contribution is 7.89. The molecule has 0 atom stereocenters. The number of carbonyl (C=O) groups is 1. The Bertz CT molecular complexity index is 556. The van der Waals surface area contributed by atoms with Crippen LogP contribution in [0.15, 0.2) is 29.2 Å². The Morgan fingerprint density at radius 3 is 2.60 bits per heavy atom. The zero-order valence-corrected chi connectivity index (χ0v) is 12.8. The van der Waals surface area contributed by atoms with E-state index in [1.807, 2.05) is 13.8 Å². The van der Waals surface area contributed by atoms with Crippen molar-refractivity contribution in [3.8, 4) is 0 Å². The summed E-state index contributed by atoms with van der Waals surface area (Å²) >= 11 is 0. The van der Waals surface area contributed by atoms with Gasteiger partial charge in [0.05, 0.1) is 4.90 Å². The van der Waals surface area contributed by atoms with Gasteiger partial charge in [0.15, 0.2) is 0 Å². The molecule has 20 heavy (non-hydrogen) atoms. The van der Waals surface area contributed by atoms with Gasteiger partial charge in [-0.15, -0.1) is 0 Å². The second-order valence-electron chi connectivity index (χ2n) is 4.64. The minimum atomic E-state index is -3.50. The number of anilines is 1. The molecule has 0 aliphatic heterocycles. The van der Waals surface area contributed by atoms with Gasteiger partial charge in [0.1, 0.15) is 0 Å². The maximum atomic E-state index is 11.7. The van der Waals surface area contributed by atoms with Gasteiger partial charge in [0, 0.05) is 24.7 Å². The van der Waals surface area contributed by atoms with E-state index in [9.17, 15) is 13.2 Å². The lowest BCUT2D eigenvalue weighted by Gasteiger charge is -2.09. The van der Waals surface area contributed by atoms with Crippen LogP contribution in [-0.4, -0.2) is 34.0 Å². The van der Waals surface area contributed by atoms with Crippen LogP contribution < -0.4 is 15.4 Å². The molecule has 0 fully saturated rings. The molecule has 1 aromatic carbocycles. The molecule has 3 N–H and O–H groups in total. The fourth-order valence-corrected chi connectivity index (χ4v) is 2.33. The second-order valence-corrected chi connectivity index (χ2v) is 6.53. The molecule has 0 aromatic heterocycles. The van der Waals surface area contributed by atoms with Gasteiger partial charge in [-0.05, 0) is 25.2 Å². The standard InChI is InChI=1S/C13H21N3O3S/c1-10(2)15-8-7-13(17)16-11-5-4-6-12(9-11)20(18,19)14-3/h4-6,9-10,14-15H,7-8H2,1-3H3,(H,16,17). The molecule has 0 aliphatic carbocycles. The zero-order chi connectivity index (χ0) is 15.2. The van der Waals surface area contributed by atoms with Gasteiger partial charge in [0.2, 0.25) is 15.9 Å². The van der Waals surface area contributed by atoms with Crippen LogP contribution in [0.2, 0.25) is 0 Å². The minimum absolute atomic E-state index is 0.123. The molecule has 0 heterocycles. The van der Waals surface area contributed by atoms with E-state index in [1.54, 1.807) is 12.1 Å². The van der Waals surface area contributed by atoms with E-state index in [-0.39, 0.29) is 10.8 Å². The molecule has 1 aromatic rings. The van der Waals surface area contributed by atoms with Crippen LogP contribution in [0.3, 0.4) is 0 Å². The van der Waals surface area contributed by atoms with Crippen molar-refractivity contribution in [2.24, 2.45) is 0 Å². The van der Waals surface area contributed by atoms with Crippen molar-refractivity contribution in [3.05, 3.63) is 24.3 Å². The minimum Gasteiger partial charge on any atom is -0.326 e. The lowest BCUT2D eigenvalue weighted by atomic mass is 10.3. The first-order valence-electron chi connectivity index (χ1n) is 6.42. The van der Waals surface area contributed by atoms with Crippen LogP contribution in [0.5, 0.6) is 0 Å². The van der Waals surface area contributed by atoms with E-state index < -0.39 is 10.0 Å². The quantitative estimate of drug-likeness (QED) is 0.699. The molecule has 0 unspecified atom stereocenters. The van der Waals surface area contributed by atoms with Crippen LogP contribution in [-0.2, 0) is 14.8 Å². The van der Waals surface area contributed by atoms with Crippen LogP contribution in [0.1, 0.15) is 20.3 Å². The van der Waals surface area contributed by atoms with Gasteiger partial charge in [-0.25, -0.2) is 13.1 Å². The molecule has 6 nitrogen and oxygen atoms in total. The van der Waals surface area contributed by atoms with E-state index in [1.165, 1.54) is 19.2 Å². The highest BCUT2D eigenvalue weighted by Crippen LogP contribution is 2.15. The summed E-state index contributed by atoms with van der Waals surface area (Å²) in [7, 11) is -2.15. The summed E-state index contributed by atoms with van der Waals surface area (Å²) in [6, 6.07) is 6.47. The third kappa shape index (κ3) is 5.28. The summed E-state index contributed by atoms with van der Waals surface area (Å²) in [5.74, 6) is -0.155. The molecule has 0 spiro atoms. The van der Waals surface area contributed by atoms with E-state index in [0.29, 0.717) is 24.7 Å². The summed E-state index contributed by atoms with van der Waals surface area (Å²) < 4.78 is 25.5. The molecular formula is C13H21N3O3S. The number of hydrogen-bond donors (Lipinski definition) is 3. The summed E-state index contributed by atoms with van der Waals surface area (Å²) in [5, 5.41) is 5.82. The highest BCUT2D eigenvalue weighted by atomic mass is 32.2. The SMILES string of the molecule is CNS(=O)(=O)c1cccc(NC(=O)CCNC(C)C)c1. The molecule has 0 aliphatic rings. The molecule has 7 heteroatoms. The van der Waals surface area contributed by atoms with E-state index in [0.717, 1.165) is 0 Å². The van der Waals surface area contributed by atoms with Crippen LogP contribution in [0.4, 0.5) is 5.69 Å². The maximum Gasteiger partial charge on any atom is 0.240 e. The molecule has 1 rings (SSSR count). The Morgan fingerprint density at radius 2 is 2.00 bits per heavy atom. The maximum absolute atomic E-state index is 11.7. The highest BCUT2D eigenvalue weighted by Gasteiger charge is 2.12. The summed E-state index contributed by atoms with van der Waals surface area (Å²) in [5.41, 5.74) is 0.468. The van der Waals surface area contributed by atoms with Crippen molar-refractivity contribution in [3.63, 3.8) is 0 Å². The molecule has 0 saturated carbocycles. The Kier molecular flexibility index (Phi) is 6.12. The van der Waals surface area contributed by atoms with Gasteiger partial charge in [-0.1, -0.05) is 19.9 Å². The summed E-state index contributed by atoms with van der Waals surface area (Å²) in [6.07, 6.45) is 0.335. The van der Waals surface area contributed by atoms with E-state index in [4.69, 9.17) is 0 Å². The van der Waals surface area contributed by atoms with Gasteiger partial charge in [0.25, 0.3) is 0 Å². The van der Waals surface area contributed by atoms with Gasteiger partial charge in [-0.2, -0.15) is 0 Å². The lowest BCUT2D eigenvalue weighted by molar-refractivity contribution is -0.116. The number of nitrogens with one attached hydrogen (secondary N) is 3.